The minimum Gasteiger partial charge on any atom is -0.493 e. The smallest absolute Gasteiger partial charge is 0.211 e. The summed E-state index contributed by atoms with van der Waals surface area (Å²) >= 11 is 0. The van der Waals surface area contributed by atoms with E-state index in [1.807, 2.05) is 25.1 Å². The average Bonchev–Trinajstić information content (AvgIpc) is 3.09. The fourth-order valence-electron chi connectivity index (χ4n) is 2.83. The highest BCUT2D eigenvalue weighted by Gasteiger charge is 2.28. The molecule has 1 atom stereocenters. The Labute approximate surface area is 155 Å². The Morgan fingerprint density at radius 2 is 2.04 bits per heavy atom. The first kappa shape index (κ1) is 20.3. The summed E-state index contributed by atoms with van der Waals surface area (Å²) in [7, 11) is 0.0677. The second-order valence-electron chi connectivity index (χ2n) is 6.19. The number of ether oxygens (including phenoxy) is 2. The number of nitrogens with zero attached hydrogens (tertiary/aromatic N) is 2. The quantitative estimate of drug-likeness (QED) is 0.545. The van der Waals surface area contributed by atoms with Gasteiger partial charge in [0.05, 0.1) is 20.5 Å². The second kappa shape index (κ2) is 9.09. The van der Waals surface area contributed by atoms with E-state index in [2.05, 4.69) is 15.6 Å². The van der Waals surface area contributed by atoms with Crippen molar-refractivity contribution >= 4 is 21.7 Å². The van der Waals surface area contributed by atoms with Crippen molar-refractivity contribution < 1.29 is 17.9 Å². The fourth-order valence-corrected chi connectivity index (χ4v) is 3.74. The summed E-state index contributed by atoms with van der Waals surface area (Å²) in [6.45, 7) is 4.37. The summed E-state index contributed by atoms with van der Waals surface area (Å²) in [5.74, 6) is 2.17. The lowest BCUT2D eigenvalue weighted by Gasteiger charge is -2.15. The fraction of sp³-hybridized carbons (Fsp3) is 0.588. The number of hydrogen-bond donors (Lipinski definition) is 2. The molecule has 26 heavy (non-hydrogen) atoms. The first-order chi connectivity index (χ1) is 12.4. The number of rotatable bonds is 7. The molecule has 2 N–H and O–H groups in total. The van der Waals surface area contributed by atoms with Gasteiger partial charge in [-0.05, 0) is 31.4 Å². The number of benzene rings is 1. The topological polar surface area (TPSA) is 92.3 Å². The molecular weight excluding hydrogens is 356 g/mol. The van der Waals surface area contributed by atoms with E-state index >= 15 is 0 Å². The molecule has 0 aromatic heterocycles. The van der Waals surface area contributed by atoms with Crippen LogP contribution < -0.4 is 20.1 Å². The molecule has 1 aromatic rings. The molecule has 0 spiro atoms. The third-order valence-corrected chi connectivity index (χ3v) is 5.49. The van der Waals surface area contributed by atoms with Crippen molar-refractivity contribution in [3.8, 4) is 11.5 Å². The van der Waals surface area contributed by atoms with Gasteiger partial charge in [0, 0.05) is 37.9 Å². The van der Waals surface area contributed by atoms with Gasteiger partial charge in [-0.3, -0.25) is 4.99 Å². The standard InChI is InChI=1S/C17H28N4O4S/c1-5-18-17(19-11-13-8-9-21(12-13)26(4,22)23)20-14-6-7-15(24-2)16(10-14)25-3/h6-7,10,13H,5,8-9,11-12H2,1-4H3,(H2,18,19,20). The molecule has 0 aliphatic carbocycles. The summed E-state index contributed by atoms with van der Waals surface area (Å²) in [5.41, 5.74) is 0.825. The van der Waals surface area contributed by atoms with E-state index in [9.17, 15) is 8.42 Å². The molecule has 1 heterocycles. The molecule has 0 saturated carbocycles. The van der Waals surface area contributed by atoms with E-state index in [0.717, 1.165) is 18.7 Å². The number of methoxy groups -OCH3 is 2. The van der Waals surface area contributed by atoms with Crippen LogP contribution in [-0.4, -0.2) is 65.3 Å². The summed E-state index contributed by atoms with van der Waals surface area (Å²) in [4.78, 5) is 4.61. The minimum atomic E-state index is -3.12. The molecule has 1 aliphatic rings. The van der Waals surface area contributed by atoms with E-state index in [1.165, 1.54) is 10.6 Å². The number of nitrogens with one attached hydrogen (secondary N) is 2. The maximum atomic E-state index is 11.6. The molecule has 2 rings (SSSR count). The Hall–Kier alpha value is -2.00. The number of hydrogen-bond acceptors (Lipinski definition) is 5. The van der Waals surface area contributed by atoms with Crippen LogP contribution in [0, 0.1) is 5.92 Å². The number of sulfonamides is 1. The monoisotopic (exact) mass is 384 g/mol. The van der Waals surface area contributed by atoms with E-state index in [-0.39, 0.29) is 5.92 Å². The number of aliphatic imine (C=N–C) groups is 1. The van der Waals surface area contributed by atoms with E-state index < -0.39 is 10.0 Å². The van der Waals surface area contributed by atoms with Crippen molar-refractivity contribution in [1.29, 1.82) is 0 Å². The predicted molar refractivity (Wildman–Crippen MR) is 104 cm³/mol. The normalized spacial score (nSPS) is 18.6. The predicted octanol–water partition coefficient (Wildman–Crippen LogP) is 1.36. The molecular formula is C17H28N4O4S. The van der Waals surface area contributed by atoms with E-state index in [4.69, 9.17) is 9.47 Å². The maximum absolute atomic E-state index is 11.6. The third kappa shape index (κ3) is 5.50. The molecule has 1 aliphatic heterocycles. The molecule has 0 amide bonds. The summed E-state index contributed by atoms with van der Waals surface area (Å²) in [5, 5.41) is 6.44. The van der Waals surface area contributed by atoms with Gasteiger partial charge in [0.15, 0.2) is 17.5 Å². The Kier molecular flexibility index (Phi) is 7.10. The van der Waals surface area contributed by atoms with Gasteiger partial charge in [-0.15, -0.1) is 0 Å². The van der Waals surface area contributed by atoms with Gasteiger partial charge in [0.25, 0.3) is 0 Å². The highest BCUT2D eigenvalue weighted by atomic mass is 32.2. The van der Waals surface area contributed by atoms with Gasteiger partial charge >= 0.3 is 0 Å². The molecule has 0 bridgehead atoms. The number of anilines is 1. The highest BCUT2D eigenvalue weighted by molar-refractivity contribution is 7.88. The van der Waals surface area contributed by atoms with Crippen LogP contribution in [0.25, 0.3) is 0 Å². The lowest BCUT2D eigenvalue weighted by molar-refractivity contribution is 0.355. The Balaban J connectivity index is 2.03. The Bertz CT molecular complexity index is 736. The Morgan fingerprint density at radius 3 is 2.62 bits per heavy atom. The van der Waals surface area contributed by atoms with Crippen molar-refractivity contribution in [2.75, 3.05) is 52.0 Å². The first-order valence-corrected chi connectivity index (χ1v) is 10.4. The van der Waals surface area contributed by atoms with Crippen LogP contribution in [0.3, 0.4) is 0 Å². The van der Waals surface area contributed by atoms with Gasteiger partial charge < -0.3 is 20.1 Å². The van der Waals surface area contributed by atoms with Crippen LogP contribution in [0.1, 0.15) is 13.3 Å². The Morgan fingerprint density at radius 1 is 1.31 bits per heavy atom. The molecule has 9 heteroatoms. The van der Waals surface area contributed by atoms with E-state index in [1.54, 1.807) is 14.2 Å². The molecule has 0 radical (unpaired) electrons. The van der Waals surface area contributed by atoms with Crippen LogP contribution in [0.15, 0.2) is 23.2 Å². The van der Waals surface area contributed by atoms with Crippen molar-refractivity contribution in [3.05, 3.63) is 18.2 Å². The molecule has 146 valence electrons. The van der Waals surface area contributed by atoms with Gasteiger partial charge in [-0.2, -0.15) is 0 Å². The summed E-state index contributed by atoms with van der Waals surface area (Å²) in [6, 6.07) is 5.55. The SMILES string of the molecule is CCNC(=NCC1CCN(S(C)(=O)=O)C1)Nc1ccc(OC)c(OC)c1. The molecule has 1 fully saturated rings. The van der Waals surface area contributed by atoms with Gasteiger partial charge in [-0.1, -0.05) is 0 Å². The van der Waals surface area contributed by atoms with Gasteiger partial charge in [0.1, 0.15) is 0 Å². The lowest BCUT2D eigenvalue weighted by atomic mass is 10.1. The summed E-state index contributed by atoms with van der Waals surface area (Å²) in [6.07, 6.45) is 2.08. The van der Waals surface area contributed by atoms with E-state index in [0.29, 0.717) is 37.1 Å². The van der Waals surface area contributed by atoms with Crippen LogP contribution in [0.4, 0.5) is 5.69 Å². The lowest BCUT2D eigenvalue weighted by Crippen LogP contribution is -2.31. The van der Waals surface area contributed by atoms with Gasteiger partial charge in [-0.25, -0.2) is 12.7 Å². The summed E-state index contributed by atoms with van der Waals surface area (Å²) < 4.78 is 35.3. The number of guanidine groups is 1. The molecule has 1 saturated heterocycles. The van der Waals surface area contributed by atoms with Crippen LogP contribution >= 0.6 is 0 Å². The van der Waals surface area contributed by atoms with Crippen LogP contribution in [0.5, 0.6) is 11.5 Å². The highest BCUT2D eigenvalue weighted by Crippen LogP contribution is 2.29. The van der Waals surface area contributed by atoms with Crippen LogP contribution in [0.2, 0.25) is 0 Å². The zero-order valence-corrected chi connectivity index (χ0v) is 16.6. The molecule has 8 nitrogen and oxygen atoms in total. The van der Waals surface area contributed by atoms with Crippen LogP contribution in [-0.2, 0) is 10.0 Å². The second-order valence-corrected chi connectivity index (χ2v) is 8.17. The van der Waals surface area contributed by atoms with Crippen molar-refractivity contribution in [2.45, 2.75) is 13.3 Å². The zero-order valence-electron chi connectivity index (χ0n) is 15.8. The molecule has 1 unspecified atom stereocenters. The third-order valence-electron chi connectivity index (χ3n) is 4.22. The largest absolute Gasteiger partial charge is 0.493 e. The first-order valence-electron chi connectivity index (χ1n) is 8.59. The zero-order chi connectivity index (χ0) is 19.2. The molecule has 1 aromatic carbocycles. The van der Waals surface area contributed by atoms with Crippen molar-refractivity contribution in [3.63, 3.8) is 0 Å². The van der Waals surface area contributed by atoms with Crippen molar-refractivity contribution in [1.82, 2.24) is 9.62 Å². The van der Waals surface area contributed by atoms with Gasteiger partial charge in [0.2, 0.25) is 10.0 Å². The van der Waals surface area contributed by atoms with Crippen molar-refractivity contribution in [2.24, 2.45) is 10.9 Å². The maximum Gasteiger partial charge on any atom is 0.211 e. The average molecular weight is 385 g/mol. The minimum absolute atomic E-state index is 0.227.